The molecule has 158 valence electrons. The second kappa shape index (κ2) is 9.78. The van der Waals surface area contributed by atoms with Gasteiger partial charge in [0, 0.05) is 23.2 Å². The first-order valence-electron chi connectivity index (χ1n) is 10.0. The Morgan fingerprint density at radius 2 is 1.70 bits per heavy atom. The Kier molecular flexibility index (Phi) is 7.13. The summed E-state index contributed by atoms with van der Waals surface area (Å²) in [6.07, 6.45) is 4.13. The van der Waals surface area contributed by atoms with Crippen molar-refractivity contribution in [2.24, 2.45) is 5.73 Å². The number of nitrogens with one attached hydrogen (secondary N) is 2. The van der Waals surface area contributed by atoms with Crippen LogP contribution in [0.3, 0.4) is 0 Å². The van der Waals surface area contributed by atoms with Gasteiger partial charge in [-0.1, -0.05) is 30.3 Å². The van der Waals surface area contributed by atoms with Crippen molar-refractivity contribution >= 4 is 40.9 Å². The molecular weight excluding hydrogens is 402 g/mol. The third kappa shape index (κ3) is 5.40. The van der Waals surface area contributed by atoms with Crippen molar-refractivity contribution in [3.63, 3.8) is 0 Å². The molecule has 1 saturated carbocycles. The lowest BCUT2D eigenvalue weighted by Gasteiger charge is -2.26. The maximum atomic E-state index is 12.4. The lowest BCUT2D eigenvalue weighted by atomic mass is 9.91. The molecule has 1 aliphatic rings. The Bertz CT molecular complexity index is 975. The molecule has 1 aliphatic carbocycles. The van der Waals surface area contributed by atoms with Gasteiger partial charge in [-0.3, -0.25) is 9.59 Å². The fourth-order valence-corrected chi connectivity index (χ4v) is 3.72. The van der Waals surface area contributed by atoms with Crippen molar-refractivity contribution in [1.29, 1.82) is 0 Å². The zero-order valence-corrected chi connectivity index (χ0v) is 17.4. The molecule has 2 amide bonds. The summed E-state index contributed by atoms with van der Waals surface area (Å²) in [6.45, 7) is 0. The molecule has 0 unspecified atom stereocenters. The number of carbonyl (C=O) groups is 2. The number of para-hydroxylation sites is 1. The maximum Gasteiger partial charge on any atom is 0.291 e. The van der Waals surface area contributed by atoms with Crippen molar-refractivity contribution in [2.75, 3.05) is 5.32 Å². The van der Waals surface area contributed by atoms with E-state index in [9.17, 15) is 9.59 Å². The van der Waals surface area contributed by atoms with Gasteiger partial charge >= 0.3 is 0 Å². The van der Waals surface area contributed by atoms with Crippen LogP contribution < -0.4 is 16.4 Å². The summed E-state index contributed by atoms with van der Waals surface area (Å²) in [6, 6.07) is 17.0. The van der Waals surface area contributed by atoms with E-state index < -0.39 is 0 Å². The Morgan fingerprint density at radius 3 is 2.40 bits per heavy atom. The number of halogens is 1. The summed E-state index contributed by atoms with van der Waals surface area (Å²) in [5, 5.41) is 6.80. The molecule has 0 aliphatic heterocycles. The molecule has 3 aromatic rings. The highest BCUT2D eigenvalue weighted by Gasteiger charge is 2.20. The van der Waals surface area contributed by atoms with E-state index in [-0.39, 0.29) is 42.1 Å². The lowest BCUT2D eigenvalue weighted by Crippen LogP contribution is -2.41. The first-order valence-corrected chi connectivity index (χ1v) is 10.0. The van der Waals surface area contributed by atoms with Crippen LogP contribution in [0.15, 0.2) is 59.0 Å². The summed E-state index contributed by atoms with van der Waals surface area (Å²) < 4.78 is 5.58. The average Bonchev–Trinajstić information content (AvgIpc) is 3.16. The summed E-state index contributed by atoms with van der Waals surface area (Å²) in [5.74, 6) is -0.0198. The summed E-state index contributed by atoms with van der Waals surface area (Å²) >= 11 is 0. The SMILES string of the molecule is Cl.NC1CCC(NC(=O)Cc2ccc(NC(=O)c3cc4ccccc4o3)cc2)CC1. The van der Waals surface area contributed by atoms with Crippen LogP contribution in [-0.4, -0.2) is 23.9 Å². The minimum Gasteiger partial charge on any atom is -0.451 e. The van der Waals surface area contributed by atoms with Gasteiger partial charge in [-0.15, -0.1) is 12.4 Å². The number of hydrogen-bond acceptors (Lipinski definition) is 4. The van der Waals surface area contributed by atoms with E-state index in [1.807, 2.05) is 36.4 Å². The van der Waals surface area contributed by atoms with E-state index in [1.165, 1.54) is 0 Å². The summed E-state index contributed by atoms with van der Waals surface area (Å²) in [7, 11) is 0. The number of rotatable bonds is 5. The van der Waals surface area contributed by atoms with Crippen molar-refractivity contribution in [3.05, 3.63) is 65.9 Å². The molecule has 6 nitrogen and oxygen atoms in total. The number of hydrogen-bond donors (Lipinski definition) is 3. The van der Waals surface area contributed by atoms with Crippen molar-refractivity contribution in [1.82, 2.24) is 5.32 Å². The molecule has 0 radical (unpaired) electrons. The van der Waals surface area contributed by atoms with E-state index in [2.05, 4.69) is 10.6 Å². The second-order valence-electron chi connectivity index (χ2n) is 7.66. The van der Waals surface area contributed by atoms with Gasteiger partial charge in [-0.05, 0) is 55.5 Å². The highest BCUT2D eigenvalue weighted by molar-refractivity contribution is 6.04. The molecule has 0 spiro atoms. The zero-order chi connectivity index (χ0) is 20.2. The first kappa shape index (κ1) is 21.9. The first-order chi connectivity index (χ1) is 14.1. The minimum atomic E-state index is -0.304. The summed E-state index contributed by atoms with van der Waals surface area (Å²) in [4.78, 5) is 24.7. The number of benzene rings is 2. The Hall–Kier alpha value is -2.83. The van der Waals surface area contributed by atoms with Gasteiger partial charge in [0.15, 0.2) is 5.76 Å². The molecule has 1 fully saturated rings. The van der Waals surface area contributed by atoms with Crippen LogP contribution in [-0.2, 0) is 11.2 Å². The average molecular weight is 428 g/mol. The normalized spacial score (nSPS) is 18.4. The van der Waals surface area contributed by atoms with Gasteiger partial charge in [-0.25, -0.2) is 0 Å². The molecular formula is C23H26ClN3O3. The monoisotopic (exact) mass is 427 g/mol. The van der Waals surface area contributed by atoms with Crippen molar-refractivity contribution in [2.45, 2.75) is 44.2 Å². The predicted octanol–water partition coefficient (Wildman–Crippen LogP) is 4.04. The number of amides is 2. The van der Waals surface area contributed by atoms with Crippen LogP contribution in [0.25, 0.3) is 11.0 Å². The van der Waals surface area contributed by atoms with Gasteiger partial charge in [0.1, 0.15) is 5.58 Å². The van der Waals surface area contributed by atoms with Crippen LogP contribution in [0, 0.1) is 0 Å². The third-order valence-corrected chi connectivity index (χ3v) is 5.36. The molecule has 0 bridgehead atoms. The zero-order valence-electron chi connectivity index (χ0n) is 16.6. The molecule has 1 aromatic heterocycles. The quantitative estimate of drug-likeness (QED) is 0.572. The predicted molar refractivity (Wildman–Crippen MR) is 120 cm³/mol. The maximum absolute atomic E-state index is 12.4. The van der Waals surface area contributed by atoms with E-state index >= 15 is 0 Å². The molecule has 4 N–H and O–H groups in total. The topological polar surface area (TPSA) is 97.4 Å². The van der Waals surface area contributed by atoms with Crippen molar-refractivity contribution in [3.8, 4) is 0 Å². The van der Waals surface area contributed by atoms with Gasteiger partial charge in [0.25, 0.3) is 5.91 Å². The van der Waals surface area contributed by atoms with Gasteiger partial charge < -0.3 is 20.8 Å². The fourth-order valence-electron chi connectivity index (χ4n) is 3.72. The van der Waals surface area contributed by atoms with Crippen LogP contribution >= 0.6 is 12.4 Å². The summed E-state index contributed by atoms with van der Waals surface area (Å²) in [5.41, 5.74) is 8.14. The molecule has 4 rings (SSSR count). The smallest absolute Gasteiger partial charge is 0.291 e. The minimum absolute atomic E-state index is 0. The largest absolute Gasteiger partial charge is 0.451 e. The molecule has 30 heavy (non-hydrogen) atoms. The fraction of sp³-hybridized carbons (Fsp3) is 0.304. The second-order valence-corrected chi connectivity index (χ2v) is 7.66. The molecule has 7 heteroatoms. The Labute approximate surface area is 181 Å². The highest BCUT2D eigenvalue weighted by atomic mass is 35.5. The lowest BCUT2D eigenvalue weighted by molar-refractivity contribution is -0.121. The number of nitrogens with two attached hydrogens (primary N) is 1. The Balaban J connectivity index is 0.00000256. The molecule has 2 aromatic carbocycles. The van der Waals surface area contributed by atoms with E-state index in [1.54, 1.807) is 18.2 Å². The molecule has 0 saturated heterocycles. The van der Waals surface area contributed by atoms with Crippen LogP contribution in [0.4, 0.5) is 5.69 Å². The number of fused-ring (bicyclic) bond motifs is 1. The number of carbonyl (C=O) groups excluding carboxylic acids is 2. The molecule has 0 atom stereocenters. The third-order valence-electron chi connectivity index (χ3n) is 5.36. The highest BCUT2D eigenvalue weighted by Crippen LogP contribution is 2.20. The van der Waals surface area contributed by atoms with E-state index in [0.717, 1.165) is 36.6 Å². The van der Waals surface area contributed by atoms with Crippen LogP contribution in [0.5, 0.6) is 0 Å². The van der Waals surface area contributed by atoms with Gasteiger partial charge in [0.2, 0.25) is 5.91 Å². The van der Waals surface area contributed by atoms with Crippen LogP contribution in [0.2, 0.25) is 0 Å². The number of anilines is 1. The van der Waals surface area contributed by atoms with E-state index in [4.69, 9.17) is 10.2 Å². The van der Waals surface area contributed by atoms with Crippen LogP contribution in [0.1, 0.15) is 41.8 Å². The van der Waals surface area contributed by atoms with Gasteiger partial charge in [0.05, 0.1) is 6.42 Å². The molecule has 1 heterocycles. The number of furan rings is 1. The standard InChI is InChI=1S/C23H25N3O3.ClH/c24-17-7-11-18(12-8-17)25-22(27)13-15-5-9-19(10-6-15)26-23(28)21-14-16-3-1-2-4-20(16)29-21;/h1-6,9-10,14,17-18H,7-8,11-13,24H2,(H,25,27)(H,26,28);1H. The van der Waals surface area contributed by atoms with E-state index in [0.29, 0.717) is 17.7 Å². The Morgan fingerprint density at radius 1 is 1.00 bits per heavy atom. The van der Waals surface area contributed by atoms with Crippen molar-refractivity contribution < 1.29 is 14.0 Å². The van der Waals surface area contributed by atoms with Gasteiger partial charge in [-0.2, -0.15) is 0 Å².